The second-order valence-corrected chi connectivity index (χ2v) is 9.06. The van der Waals surface area contributed by atoms with Gasteiger partial charge in [-0.05, 0) is 71.7 Å². The molecule has 0 saturated heterocycles. The fourth-order valence-electron chi connectivity index (χ4n) is 4.30. The van der Waals surface area contributed by atoms with Crippen LogP contribution in [0.15, 0.2) is 66.7 Å². The molecule has 0 aromatic heterocycles. The molecule has 0 spiro atoms. The first-order chi connectivity index (χ1) is 15.5. The lowest BCUT2D eigenvalue weighted by molar-refractivity contribution is -0.141. The van der Waals surface area contributed by atoms with Gasteiger partial charge in [0.1, 0.15) is 11.5 Å². The standard InChI is InChI=1S/C28H28O4/c1-18(28(29)30)13-19-5-12-27-23(14-19)15-24(17-31-27)21-8-6-20(7-9-21)22-3-2-4-26(16-22)32-25-10-11-25/h2-9,12,14,16,18,24-25H,10-11,13,15,17H2,1H3,(H,29,30). The van der Waals surface area contributed by atoms with Crippen molar-refractivity contribution in [3.8, 4) is 22.6 Å². The predicted molar refractivity (Wildman–Crippen MR) is 124 cm³/mol. The van der Waals surface area contributed by atoms with Crippen LogP contribution in [-0.2, 0) is 17.6 Å². The third-order valence-electron chi connectivity index (χ3n) is 6.37. The lowest BCUT2D eigenvalue weighted by Crippen LogP contribution is -2.19. The summed E-state index contributed by atoms with van der Waals surface area (Å²) in [6.45, 7) is 2.40. The summed E-state index contributed by atoms with van der Waals surface area (Å²) in [6.07, 6.45) is 4.15. The highest BCUT2D eigenvalue weighted by Gasteiger charge is 2.24. The van der Waals surface area contributed by atoms with Crippen LogP contribution in [0, 0.1) is 5.92 Å². The van der Waals surface area contributed by atoms with Crippen LogP contribution in [0.4, 0.5) is 0 Å². The van der Waals surface area contributed by atoms with Crippen LogP contribution >= 0.6 is 0 Å². The number of ether oxygens (including phenoxy) is 2. The fourth-order valence-corrected chi connectivity index (χ4v) is 4.30. The van der Waals surface area contributed by atoms with E-state index in [2.05, 4.69) is 48.5 Å². The number of fused-ring (bicyclic) bond motifs is 1. The minimum atomic E-state index is -0.762. The van der Waals surface area contributed by atoms with Gasteiger partial charge in [0.2, 0.25) is 0 Å². The van der Waals surface area contributed by atoms with Crippen LogP contribution in [0.1, 0.15) is 42.4 Å². The fraction of sp³-hybridized carbons (Fsp3) is 0.321. The van der Waals surface area contributed by atoms with Gasteiger partial charge < -0.3 is 14.6 Å². The molecular formula is C28H28O4. The largest absolute Gasteiger partial charge is 0.493 e. The Kier molecular flexibility index (Phi) is 5.60. The summed E-state index contributed by atoms with van der Waals surface area (Å²) < 4.78 is 12.0. The Morgan fingerprint density at radius 2 is 1.88 bits per heavy atom. The van der Waals surface area contributed by atoms with Gasteiger partial charge in [-0.3, -0.25) is 4.79 Å². The molecule has 1 N–H and O–H groups in total. The second kappa shape index (κ2) is 8.70. The van der Waals surface area contributed by atoms with E-state index in [1.165, 1.54) is 11.1 Å². The van der Waals surface area contributed by atoms with Gasteiger partial charge in [0.05, 0.1) is 18.6 Å². The van der Waals surface area contributed by atoms with E-state index in [9.17, 15) is 9.90 Å². The van der Waals surface area contributed by atoms with Crippen molar-refractivity contribution in [3.63, 3.8) is 0 Å². The van der Waals surface area contributed by atoms with Gasteiger partial charge in [0, 0.05) is 5.92 Å². The van der Waals surface area contributed by atoms with E-state index < -0.39 is 11.9 Å². The van der Waals surface area contributed by atoms with Crippen molar-refractivity contribution in [1.82, 2.24) is 0 Å². The molecule has 1 aliphatic carbocycles. The monoisotopic (exact) mass is 428 g/mol. The van der Waals surface area contributed by atoms with Crippen LogP contribution in [0.2, 0.25) is 0 Å². The molecule has 1 saturated carbocycles. The first-order valence-corrected chi connectivity index (χ1v) is 11.4. The molecule has 164 valence electrons. The van der Waals surface area contributed by atoms with Crippen LogP contribution in [-0.4, -0.2) is 23.8 Å². The van der Waals surface area contributed by atoms with E-state index in [1.807, 2.05) is 18.2 Å². The summed E-state index contributed by atoms with van der Waals surface area (Å²) in [4.78, 5) is 11.2. The molecule has 0 bridgehead atoms. The molecule has 1 fully saturated rings. The van der Waals surface area contributed by atoms with Crippen molar-refractivity contribution in [2.24, 2.45) is 5.92 Å². The van der Waals surface area contributed by atoms with E-state index in [-0.39, 0.29) is 5.92 Å². The van der Waals surface area contributed by atoms with Crippen molar-refractivity contribution in [1.29, 1.82) is 0 Å². The van der Waals surface area contributed by atoms with Gasteiger partial charge >= 0.3 is 5.97 Å². The van der Waals surface area contributed by atoms with Gasteiger partial charge in [-0.1, -0.05) is 55.5 Å². The molecule has 1 aliphatic heterocycles. The summed E-state index contributed by atoms with van der Waals surface area (Å²) in [5, 5.41) is 9.20. The van der Waals surface area contributed by atoms with Gasteiger partial charge in [-0.25, -0.2) is 0 Å². The third kappa shape index (κ3) is 4.64. The Hall–Kier alpha value is -3.27. The van der Waals surface area contributed by atoms with Crippen LogP contribution in [0.25, 0.3) is 11.1 Å². The summed E-state index contributed by atoms with van der Waals surface area (Å²) in [5.41, 5.74) is 5.81. The Morgan fingerprint density at radius 1 is 1.06 bits per heavy atom. The summed E-state index contributed by atoms with van der Waals surface area (Å²) in [6, 6.07) is 23.1. The first-order valence-electron chi connectivity index (χ1n) is 11.4. The molecule has 0 radical (unpaired) electrons. The van der Waals surface area contributed by atoms with Crippen molar-refractivity contribution in [2.45, 2.75) is 44.6 Å². The van der Waals surface area contributed by atoms with Crippen LogP contribution in [0.5, 0.6) is 11.5 Å². The molecule has 32 heavy (non-hydrogen) atoms. The number of benzene rings is 3. The van der Waals surface area contributed by atoms with Crippen molar-refractivity contribution in [3.05, 3.63) is 83.4 Å². The zero-order valence-corrected chi connectivity index (χ0v) is 18.3. The van der Waals surface area contributed by atoms with Crippen LogP contribution < -0.4 is 9.47 Å². The van der Waals surface area contributed by atoms with E-state index in [4.69, 9.17) is 9.47 Å². The Balaban J connectivity index is 1.30. The van der Waals surface area contributed by atoms with E-state index in [0.29, 0.717) is 19.1 Å². The molecule has 2 atom stereocenters. The summed E-state index contributed by atoms with van der Waals surface area (Å²) >= 11 is 0. The number of aliphatic carboxylic acids is 1. The van der Waals surface area contributed by atoms with E-state index in [0.717, 1.165) is 47.5 Å². The minimum absolute atomic E-state index is 0.285. The van der Waals surface area contributed by atoms with E-state index >= 15 is 0 Å². The molecule has 4 heteroatoms. The zero-order valence-electron chi connectivity index (χ0n) is 18.3. The molecule has 2 unspecified atom stereocenters. The Labute approximate surface area is 188 Å². The number of carboxylic acids is 1. The molecule has 5 rings (SSSR count). The maximum Gasteiger partial charge on any atom is 0.306 e. The highest BCUT2D eigenvalue weighted by Crippen LogP contribution is 2.35. The van der Waals surface area contributed by atoms with Gasteiger partial charge in [-0.15, -0.1) is 0 Å². The highest BCUT2D eigenvalue weighted by atomic mass is 16.5. The lowest BCUT2D eigenvalue weighted by atomic mass is 9.88. The predicted octanol–water partition coefficient (Wildman–Crippen LogP) is 5.88. The number of carbonyl (C=O) groups is 1. The molecule has 4 nitrogen and oxygen atoms in total. The zero-order chi connectivity index (χ0) is 22.1. The molecule has 0 amide bonds. The summed E-state index contributed by atoms with van der Waals surface area (Å²) in [7, 11) is 0. The quantitative estimate of drug-likeness (QED) is 0.511. The SMILES string of the molecule is CC(Cc1ccc2c(c1)CC(c1ccc(-c3cccc(OC4CC4)c3)cc1)CO2)C(=O)O. The first kappa shape index (κ1) is 20.6. The second-order valence-electron chi connectivity index (χ2n) is 9.06. The minimum Gasteiger partial charge on any atom is -0.493 e. The van der Waals surface area contributed by atoms with Crippen molar-refractivity contribution in [2.75, 3.05) is 6.61 Å². The normalized spacial score (nSPS) is 18.3. The van der Waals surface area contributed by atoms with Gasteiger partial charge in [-0.2, -0.15) is 0 Å². The topological polar surface area (TPSA) is 55.8 Å². The summed E-state index contributed by atoms with van der Waals surface area (Å²) in [5.74, 6) is 0.986. The maximum atomic E-state index is 11.2. The Bertz CT molecular complexity index is 1110. The number of hydrogen-bond donors (Lipinski definition) is 1. The number of carboxylic acid groups (broad SMARTS) is 1. The van der Waals surface area contributed by atoms with Gasteiger partial charge in [0.15, 0.2) is 0 Å². The lowest BCUT2D eigenvalue weighted by Gasteiger charge is -2.26. The van der Waals surface area contributed by atoms with E-state index in [1.54, 1.807) is 6.92 Å². The average molecular weight is 429 g/mol. The molecular weight excluding hydrogens is 400 g/mol. The molecule has 1 heterocycles. The number of hydrogen-bond acceptors (Lipinski definition) is 3. The maximum absolute atomic E-state index is 11.2. The Morgan fingerprint density at radius 3 is 2.62 bits per heavy atom. The van der Waals surface area contributed by atoms with Crippen molar-refractivity contribution < 1.29 is 19.4 Å². The average Bonchev–Trinajstić information content (AvgIpc) is 3.63. The van der Waals surface area contributed by atoms with Crippen LogP contribution in [0.3, 0.4) is 0 Å². The van der Waals surface area contributed by atoms with Crippen molar-refractivity contribution >= 4 is 5.97 Å². The van der Waals surface area contributed by atoms with Gasteiger partial charge in [0.25, 0.3) is 0 Å². The molecule has 3 aromatic rings. The third-order valence-corrected chi connectivity index (χ3v) is 6.37. The highest BCUT2D eigenvalue weighted by molar-refractivity contribution is 5.70. The molecule has 2 aliphatic rings. The smallest absolute Gasteiger partial charge is 0.306 e. The number of rotatable bonds is 7. The molecule has 3 aromatic carbocycles.